The largest absolute Gasteiger partial charge is 0.485 e. The van der Waals surface area contributed by atoms with Gasteiger partial charge in [-0.2, -0.15) is 5.10 Å². The molecular formula is C23H21ClN6O3S. The van der Waals surface area contributed by atoms with Crippen LogP contribution in [0.3, 0.4) is 0 Å². The second kappa shape index (κ2) is 9.78. The van der Waals surface area contributed by atoms with Gasteiger partial charge in [0.15, 0.2) is 28.6 Å². The highest BCUT2D eigenvalue weighted by Crippen LogP contribution is 2.35. The van der Waals surface area contributed by atoms with Gasteiger partial charge in [-0.05, 0) is 23.8 Å². The summed E-state index contributed by atoms with van der Waals surface area (Å²) in [6, 6.07) is 16.8. The number of aromatic nitrogens is 5. The van der Waals surface area contributed by atoms with Crippen LogP contribution in [0.4, 0.5) is 5.82 Å². The summed E-state index contributed by atoms with van der Waals surface area (Å²) in [4.78, 5) is 12.6. The minimum absolute atomic E-state index is 0.161. The van der Waals surface area contributed by atoms with Crippen LogP contribution in [0.1, 0.15) is 17.5 Å². The Morgan fingerprint density at radius 1 is 1.15 bits per heavy atom. The molecule has 2 aromatic heterocycles. The number of ether oxygens (including phenoxy) is 2. The second-order valence-electron chi connectivity index (χ2n) is 7.57. The molecule has 1 N–H and O–H groups in total. The molecule has 0 radical (unpaired) electrons. The van der Waals surface area contributed by atoms with Gasteiger partial charge >= 0.3 is 0 Å². The molecule has 0 saturated heterocycles. The van der Waals surface area contributed by atoms with Crippen molar-refractivity contribution in [1.29, 1.82) is 0 Å². The Labute approximate surface area is 205 Å². The summed E-state index contributed by atoms with van der Waals surface area (Å²) in [6.07, 6.45) is 1.26. The number of benzene rings is 2. The van der Waals surface area contributed by atoms with Crippen LogP contribution in [-0.2, 0) is 18.4 Å². The van der Waals surface area contributed by atoms with Crippen LogP contribution in [0.15, 0.2) is 66.0 Å². The zero-order chi connectivity index (χ0) is 23.5. The highest BCUT2D eigenvalue weighted by molar-refractivity contribution is 7.99. The molecule has 1 atom stereocenters. The van der Waals surface area contributed by atoms with Crippen molar-refractivity contribution in [2.45, 2.75) is 17.8 Å². The van der Waals surface area contributed by atoms with Crippen LogP contribution in [0.25, 0.3) is 0 Å². The minimum Gasteiger partial charge on any atom is -0.485 e. The van der Waals surface area contributed by atoms with E-state index in [1.54, 1.807) is 16.9 Å². The molecule has 0 spiro atoms. The number of hydrogen-bond acceptors (Lipinski definition) is 7. The van der Waals surface area contributed by atoms with Gasteiger partial charge in [-0.25, -0.2) is 4.68 Å². The Morgan fingerprint density at radius 2 is 1.94 bits per heavy atom. The Morgan fingerprint density at radius 3 is 2.79 bits per heavy atom. The summed E-state index contributed by atoms with van der Waals surface area (Å²) in [5.41, 5.74) is 0.917. The lowest BCUT2D eigenvalue weighted by atomic mass is 10.2. The number of rotatable bonds is 7. The fraction of sp³-hybridized carbons (Fsp3) is 0.217. The van der Waals surface area contributed by atoms with E-state index in [0.29, 0.717) is 46.5 Å². The second-order valence-corrected chi connectivity index (χ2v) is 8.92. The van der Waals surface area contributed by atoms with Gasteiger partial charge in [0.05, 0.1) is 18.5 Å². The number of thioether (sulfide) groups is 1. The Balaban J connectivity index is 1.19. The molecular weight excluding hydrogens is 476 g/mol. The first-order valence-corrected chi connectivity index (χ1v) is 11.9. The van der Waals surface area contributed by atoms with E-state index in [1.807, 2.05) is 60.1 Å². The summed E-state index contributed by atoms with van der Waals surface area (Å²) in [6.45, 7) is 0.790. The third-order valence-corrected chi connectivity index (χ3v) is 6.65. The fourth-order valence-corrected chi connectivity index (χ4v) is 4.45. The molecule has 3 heterocycles. The van der Waals surface area contributed by atoms with Gasteiger partial charge in [-0.15, -0.1) is 10.2 Å². The van der Waals surface area contributed by atoms with Gasteiger partial charge in [0.1, 0.15) is 12.4 Å². The van der Waals surface area contributed by atoms with Crippen LogP contribution < -0.4 is 14.8 Å². The van der Waals surface area contributed by atoms with Crippen molar-refractivity contribution in [2.75, 3.05) is 17.7 Å². The molecule has 5 rings (SSSR count). The van der Waals surface area contributed by atoms with Crippen molar-refractivity contribution in [1.82, 2.24) is 24.5 Å². The molecule has 0 fully saturated rings. The highest BCUT2D eigenvalue weighted by Gasteiger charge is 2.27. The standard InChI is InChI=1S/C23H21ClN6O3S/c1-29-22(19-13-32-17-8-4-5-9-18(17)33-19)27-28-23(29)34-14-21(31)26-20-10-11-25-30(20)12-15-6-2-3-7-16(15)24/h2-11,19H,12-14H2,1H3,(H,26,31). The molecule has 4 aromatic rings. The maximum Gasteiger partial charge on any atom is 0.235 e. The third kappa shape index (κ3) is 4.73. The molecule has 1 amide bonds. The fourth-order valence-electron chi connectivity index (χ4n) is 3.54. The van der Waals surface area contributed by atoms with E-state index in [-0.39, 0.29) is 17.8 Å². The number of carbonyl (C=O) groups is 1. The molecule has 2 aromatic carbocycles. The van der Waals surface area contributed by atoms with Crippen molar-refractivity contribution in [3.8, 4) is 11.5 Å². The molecule has 0 bridgehead atoms. The Hall–Kier alpha value is -3.50. The molecule has 1 aliphatic rings. The van der Waals surface area contributed by atoms with E-state index in [1.165, 1.54) is 11.8 Å². The maximum absolute atomic E-state index is 12.6. The van der Waals surface area contributed by atoms with E-state index < -0.39 is 0 Å². The number of nitrogens with zero attached hydrogens (tertiary/aromatic N) is 5. The summed E-state index contributed by atoms with van der Waals surface area (Å²) in [7, 11) is 1.85. The zero-order valence-electron chi connectivity index (χ0n) is 18.2. The topological polar surface area (TPSA) is 96.1 Å². The van der Waals surface area contributed by atoms with Crippen molar-refractivity contribution in [2.24, 2.45) is 7.05 Å². The van der Waals surface area contributed by atoms with Crippen molar-refractivity contribution in [3.63, 3.8) is 0 Å². The molecule has 1 aliphatic heterocycles. The van der Waals surface area contributed by atoms with E-state index in [9.17, 15) is 4.79 Å². The first-order valence-electron chi connectivity index (χ1n) is 10.5. The summed E-state index contributed by atoms with van der Waals surface area (Å²) in [5, 5.41) is 16.9. The lowest BCUT2D eigenvalue weighted by Crippen LogP contribution is -2.24. The highest BCUT2D eigenvalue weighted by atomic mass is 35.5. The van der Waals surface area contributed by atoms with Crippen LogP contribution >= 0.6 is 23.4 Å². The number of carbonyl (C=O) groups excluding carboxylic acids is 1. The molecule has 34 heavy (non-hydrogen) atoms. The van der Waals surface area contributed by atoms with Crippen molar-refractivity contribution >= 4 is 35.1 Å². The maximum atomic E-state index is 12.6. The number of para-hydroxylation sites is 2. The average Bonchev–Trinajstić information content (AvgIpc) is 3.44. The van der Waals surface area contributed by atoms with E-state index in [4.69, 9.17) is 21.1 Å². The van der Waals surface area contributed by atoms with Crippen LogP contribution in [0.2, 0.25) is 5.02 Å². The van der Waals surface area contributed by atoms with Crippen LogP contribution in [0, 0.1) is 0 Å². The lowest BCUT2D eigenvalue weighted by molar-refractivity contribution is -0.113. The number of anilines is 1. The van der Waals surface area contributed by atoms with Gasteiger partial charge < -0.3 is 19.4 Å². The Bertz CT molecular complexity index is 1320. The monoisotopic (exact) mass is 496 g/mol. The summed E-state index contributed by atoms with van der Waals surface area (Å²) in [5.74, 6) is 2.59. The molecule has 9 nitrogen and oxygen atoms in total. The van der Waals surface area contributed by atoms with E-state index in [0.717, 1.165) is 5.56 Å². The van der Waals surface area contributed by atoms with Gasteiger partial charge in [0, 0.05) is 18.1 Å². The predicted octanol–water partition coefficient (Wildman–Crippen LogP) is 3.96. The molecule has 174 valence electrons. The number of amides is 1. The lowest BCUT2D eigenvalue weighted by Gasteiger charge is -2.25. The number of nitrogens with one attached hydrogen (secondary N) is 1. The van der Waals surface area contributed by atoms with Crippen molar-refractivity contribution in [3.05, 3.63) is 77.2 Å². The van der Waals surface area contributed by atoms with Gasteiger partial charge in [0.25, 0.3) is 0 Å². The molecule has 0 saturated carbocycles. The van der Waals surface area contributed by atoms with Crippen LogP contribution in [-0.4, -0.2) is 42.8 Å². The van der Waals surface area contributed by atoms with E-state index >= 15 is 0 Å². The van der Waals surface area contributed by atoms with Gasteiger partial charge in [0.2, 0.25) is 5.91 Å². The Kier molecular flexibility index (Phi) is 6.41. The summed E-state index contributed by atoms with van der Waals surface area (Å²) < 4.78 is 15.3. The normalized spacial score (nSPS) is 14.7. The quantitative estimate of drug-likeness (QED) is 0.387. The number of fused-ring (bicyclic) bond motifs is 1. The van der Waals surface area contributed by atoms with Crippen LogP contribution in [0.5, 0.6) is 11.5 Å². The van der Waals surface area contributed by atoms with Gasteiger partial charge in [-0.1, -0.05) is 53.7 Å². The average molecular weight is 497 g/mol. The first kappa shape index (κ1) is 22.3. The first-order chi connectivity index (χ1) is 16.6. The summed E-state index contributed by atoms with van der Waals surface area (Å²) >= 11 is 7.54. The number of hydrogen-bond donors (Lipinski definition) is 1. The molecule has 11 heteroatoms. The smallest absolute Gasteiger partial charge is 0.235 e. The minimum atomic E-state index is -0.380. The zero-order valence-corrected chi connectivity index (χ0v) is 19.8. The SMILES string of the molecule is Cn1c(SCC(=O)Nc2ccnn2Cc2ccccc2Cl)nnc1C1COc2ccccc2O1. The van der Waals surface area contributed by atoms with E-state index in [2.05, 4.69) is 20.6 Å². The molecule has 1 unspecified atom stereocenters. The van der Waals surface area contributed by atoms with Gasteiger partial charge in [-0.3, -0.25) is 4.79 Å². The van der Waals surface area contributed by atoms with Crippen molar-refractivity contribution < 1.29 is 14.3 Å². The number of halogens is 1. The molecule has 0 aliphatic carbocycles. The predicted molar refractivity (Wildman–Crippen MR) is 128 cm³/mol. The third-order valence-electron chi connectivity index (χ3n) is 5.26.